The summed E-state index contributed by atoms with van der Waals surface area (Å²) in [5.74, 6) is -0.447. The van der Waals surface area contributed by atoms with Crippen molar-refractivity contribution >= 4 is 28.9 Å². The summed E-state index contributed by atoms with van der Waals surface area (Å²) in [5, 5.41) is 2.19. The molecule has 0 N–H and O–H groups in total. The van der Waals surface area contributed by atoms with E-state index in [2.05, 4.69) is 9.72 Å². The van der Waals surface area contributed by atoms with Gasteiger partial charge in [0.15, 0.2) is 0 Å². The number of aromatic nitrogens is 1. The van der Waals surface area contributed by atoms with Gasteiger partial charge in [0, 0.05) is 5.38 Å². The number of hydrogen-bond donors (Lipinski definition) is 0. The van der Waals surface area contributed by atoms with Gasteiger partial charge in [-0.15, -0.1) is 11.3 Å². The van der Waals surface area contributed by atoms with Crippen LogP contribution in [-0.4, -0.2) is 18.1 Å². The third kappa shape index (κ3) is 1.46. The lowest BCUT2D eigenvalue weighted by molar-refractivity contribution is 0.0600. The van der Waals surface area contributed by atoms with E-state index >= 15 is 0 Å². The molecular formula is C5H4ClNO2S. The van der Waals surface area contributed by atoms with E-state index in [1.54, 1.807) is 5.38 Å². The third-order valence-corrected chi connectivity index (χ3v) is 1.98. The summed E-state index contributed by atoms with van der Waals surface area (Å²) in [6, 6.07) is 0. The predicted molar refractivity (Wildman–Crippen MR) is 38.5 cm³/mol. The number of carbonyl (C=O) groups is 1. The fourth-order valence-corrected chi connectivity index (χ4v) is 1.30. The molecule has 0 radical (unpaired) electrons. The minimum atomic E-state index is -0.447. The number of rotatable bonds is 1. The number of methoxy groups -OCH3 is 1. The molecule has 0 saturated carbocycles. The van der Waals surface area contributed by atoms with Gasteiger partial charge in [-0.25, -0.2) is 9.78 Å². The van der Waals surface area contributed by atoms with Crippen molar-refractivity contribution in [2.24, 2.45) is 0 Å². The standard InChI is InChI=1S/C5H4ClNO2S/c1-9-5(8)4-7-3(6)2-10-4/h2H,1H3. The highest BCUT2D eigenvalue weighted by Gasteiger charge is 2.08. The van der Waals surface area contributed by atoms with Crippen LogP contribution in [0, 0.1) is 0 Å². The van der Waals surface area contributed by atoms with Crippen molar-refractivity contribution in [1.82, 2.24) is 4.98 Å². The van der Waals surface area contributed by atoms with Crippen molar-refractivity contribution in [2.45, 2.75) is 0 Å². The molecule has 54 valence electrons. The fraction of sp³-hybridized carbons (Fsp3) is 0.200. The zero-order chi connectivity index (χ0) is 7.56. The Morgan fingerprint density at radius 1 is 1.90 bits per heavy atom. The Kier molecular flexibility index (Phi) is 2.24. The lowest BCUT2D eigenvalue weighted by Crippen LogP contribution is -1.99. The average molecular weight is 178 g/mol. The first kappa shape index (κ1) is 7.50. The molecule has 0 saturated heterocycles. The summed E-state index contributed by atoms with van der Waals surface area (Å²) in [6.07, 6.45) is 0. The van der Waals surface area contributed by atoms with Crippen LogP contribution in [0.1, 0.15) is 9.80 Å². The molecule has 0 amide bonds. The molecule has 5 heteroatoms. The smallest absolute Gasteiger partial charge is 0.367 e. The first-order valence-electron chi connectivity index (χ1n) is 2.43. The van der Waals surface area contributed by atoms with Crippen molar-refractivity contribution in [3.8, 4) is 0 Å². The van der Waals surface area contributed by atoms with Gasteiger partial charge in [-0.1, -0.05) is 11.6 Å². The zero-order valence-electron chi connectivity index (χ0n) is 5.13. The summed E-state index contributed by atoms with van der Waals surface area (Å²) in [7, 11) is 1.30. The SMILES string of the molecule is COC(=O)c1nc(Cl)cs1. The molecule has 0 aliphatic carbocycles. The van der Waals surface area contributed by atoms with Crippen LogP contribution >= 0.6 is 22.9 Å². The lowest BCUT2D eigenvalue weighted by atomic mass is 10.7. The van der Waals surface area contributed by atoms with Crippen molar-refractivity contribution in [2.75, 3.05) is 7.11 Å². The van der Waals surface area contributed by atoms with E-state index in [0.717, 1.165) is 11.3 Å². The topological polar surface area (TPSA) is 39.2 Å². The van der Waals surface area contributed by atoms with E-state index in [4.69, 9.17) is 11.6 Å². The number of thiazole rings is 1. The number of carbonyl (C=O) groups excluding carboxylic acids is 1. The lowest BCUT2D eigenvalue weighted by Gasteiger charge is -1.89. The number of nitrogens with zero attached hydrogens (tertiary/aromatic N) is 1. The average Bonchev–Trinajstić information content (AvgIpc) is 2.34. The monoisotopic (exact) mass is 177 g/mol. The van der Waals surface area contributed by atoms with Gasteiger partial charge < -0.3 is 4.74 Å². The van der Waals surface area contributed by atoms with Gasteiger partial charge in [-0.2, -0.15) is 0 Å². The van der Waals surface area contributed by atoms with Crippen LogP contribution in [0.2, 0.25) is 5.15 Å². The van der Waals surface area contributed by atoms with Crippen LogP contribution in [0.15, 0.2) is 5.38 Å². The number of halogens is 1. The molecule has 0 aromatic carbocycles. The minimum Gasteiger partial charge on any atom is -0.464 e. The molecule has 0 unspecified atom stereocenters. The molecule has 0 aliphatic rings. The Hall–Kier alpha value is -0.610. The van der Waals surface area contributed by atoms with Gasteiger partial charge >= 0.3 is 5.97 Å². The highest BCUT2D eigenvalue weighted by molar-refractivity contribution is 7.12. The van der Waals surface area contributed by atoms with Crippen LogP contribution in [0.3, 0.4) is 0 Å². The molecule has 0 aliphatic heterocycles. The first-order valence-corrected chi connectivity index (χ1v) is 3.69. The largest absolute Gasteiger partial charge is 0.464 e. The quantitative estimate of drug-likeness (QED) is 0.612. The van der Waals surface area contributed by atoms with Crippen molar-refractivity contribution in [3.63, 3.8) is 0 Å². The minimum absolute atomic E-state index is 0.285. The molecule has 0 bridgehead atoms. The maximum atomic E-state index is 10.7. The number of hydrogen-bond acceptors (Lipinski definition) is 4. The summed E-state index contributed by atoms with van der Waals surface area (Å²) in [6.45, 7) is 0. The molecule has 0 spiro atoms. The molecule has 0 fully saturated rings. The normalized spacial score (nSPS) is 9.40. The van der Waals surface area contributed by atoms with Crippen molar-refractivity contribution in [3.05, 3.63) is 15.5 Å². The van der Waals surface area contributed by atoms with Crippen molar-refractivity contribution in [1.29, 1.82) is 0 Å². The van der Waals surface area contributed by atoms with Gasteiger partial charge in [0.1, 0.15) is 5.15 Å². The summed E-state index contributed by atoms with van der Waals surface area (Å²) in [5.41, 5.74) is 0. The predicted octanol–water partition coefficient (Wildman–Crippen LogP) is 1.58. The Morgan fingerprint density at radius 2 is 2.60 bits per heavy atom. The Labute approximate surface area is 66.6 Å². The molecule has 3 nitrogen and oxygen atoms in total. The van der Waals surface area contributed by atoms with Crippen LogP contribution in [0.4, 0.5) is 0 Å². The van der Waals surface area contributed by atoms with Gasteiger partial charge in [-0.3, -0.25) is 0 Å². The Balaban J connectivity index is 2.85. The number of esters is 1. The van der Waals surface area contributed by atoms with Crippen LogP contribution in [0.25, 0.3) is 0 Å². The molecule has 1 aromatic rings. The number of ether oxygens (including phenoxy) is 1. The van der Waals surface area contributed by atoms with Gasteiger partial charge in [0.25, 0.3) is 0 Å². The highest BCUT2D eigenvalue weighted by atomic mass is 35.5. The summed E-state index contributed by atoms with van der Waals surface area (Å²) >= 11 is 6.62. The van der Waals surface area contributed by atoms with Crippen LogP contribution in [-0.2, 0) is 4.74 Å². The maximum absolute atomic E-state index is 10.7. The van der Waals surface area contributed by atoms with Gasteiger partial charge in [0.05, 0.1) is 7.11 Å². The first-order chi connectivity index (χ1) is 4.74. The van der Waals surface area contributed by atoms with Crippen LogP contribution in [0.5, 0.6) is 0 Å². The van der Waals surface area contributed by atoms with Gasteiger partial charge in [0.2, 0.25) is 5.01 Å². The fourth-order valence-electron chi connectivity index (χ4n) is 0.435. The highest BCUT2D eigenvalue weighted by Crippen LogP contribution is 2.14. The second-order valence-electron chi connectivity index (χ2n) is 1.47. The van der Waals surface area contributed by atoms with E-state index in [9.17, 15) is 4.79 Å². The molecule has 1 heterocycles. The molecule has 0 atom stereocenters. The van der Waals surface area contributed by atoms with E-state index in [-0.39, 0.29) is 5.01 Å². The third-order valence-electron chi connectivity index (χ3n) is 0.836. The van der Waals surface area contributed by atoms with Crippen LogP contribution < -0.4 is 0 Å². The van der Waals surface area contributed by atoms with E-state index < -0.39 is 5.97 Å². The second-order valence-corrected chi connectivity index (χ2v) is 2.71. The molecule has 10 heavy (non-hydrogen) atoms. The Morgan fingerprint density at radius 3 is 3.00 bits per heavy atom. The molecule has 1 rings (SSSR count). The van der Waals surface area contributed by atoms with E-state index in [1.165, 1.54) is 7.11 Å². The maximum Gasteiger partial charge on any atom is 0.367 e. The molecule has 1 aromatic heterocycles. The van der Waals surface area contributed by atoms with E-state index in [0.29, 0.717) is 5.15 Å². The van der Waals surface area contributed by atoms with Gasteiger partial charge in [-0.05, 0) is 0 Å². The Bertz CT molecular complexity index is 248. The molecular weight excluding hydrogens is 174 g/mol. The second kappa shape index (κ2) is 2.98. The van der Waals surface area contributed by atoms with E-state index in [1.807, 2.05) is 0 Å². The zero-order valence-corrected chi connectivity index (χ0v) is 6.70. The van der Waals surface area contributed by atoms with Crippen molar-refractivity contribution < 1.29 is 9.53 Å². The summed E-state index contributed by atoms with van der Waals surface area (Å²) in [4.78, 5) is 14.4. The summed E-state index contributed by atoms with van der Waals surface area (Å²) < 4.78 is 4.40.